The SMILES string of the molecule is CC(Oc1ccc(F)cc1)C(=O)NC(C)c1ccc(N2CCOCC2)cc1. The molecule has 1 N–H and O–H groups in total. The maximum atomic E-state index is 12.9. The second-order valence-electron chi connectivity index (χ2n) is 6.64. The highest BCUT2D eigenvalue weighted by Gasteiger charge is 2.18. The number of nitrogens with zero attached hydrogens (tertiary/aromatic N) is 1. The molecule has 0 aliphatic carbocycles. The average Bonchev–Trinajstić information content (AvgIpc) is 2.70. The number of nitrogens with one attached hydrogen (secondary N) is 1. The van der Waals surface area contributed by atoms with Crippen LogP contribution < -0.4 is 15.0 Å². The summed E-state index contributed by atoms with van der Waals surface area (Å²) < 4.78 is 23.9. The Morgan fingerprint density at radius 3 is 2.33 bits per heavy atom. The molecular formula is C21H25FN2O3. The van der Waals surface area contributed by atoms with Gasteiger partial charge in [0.2, 0.25) is 0 Å². The number of benzene rings is 2. The van der Waals surface area contributed by atoms with Gasteiger partial charge in [-0.05, 0) is 55.8 Å². The molecule has 1 fully saturated rings. The number of carbonyl (C=O) groups excluding carboxylic acids is 1. The molecule has 1 aliphatic heterocycles. The summed E-state index contributed by atoms with van der Waals surface area (Å²) in [7, 11) is 0. The summed E-state index contributed by atoms with van der Waals surface area (Å²) in [5.41, 5.74) is 2.18. The number of rotatable bonds is 6. The fraction of sp³-hybridized carbons (Fsp3) is 0.381. The average molecular weight is 372 g/mol. The van der Waals surface area contributed by atoms with Crippen molar-refractivity contribution in [2.45, 2.75) is 26.0 Å². The first-order valence-electron chi connectivity index (χ1n) is 9.18. The van der Waals surface area contributed by atoms with Crippen LogP contribution in [-0.4, -0.2) is 38.3 Å². The molecule has 5 nitrogen and oxygen atoms in total. The van der Waals surface area contributed by atoms with E-state index in [0.717, 1.165) is 37.6 Å². The monoisotopic (exact) mass is 372 g/mol. The standard InChI is InChI=1S/C21H25FN2O3/c1-15(17-3-7-19(8-4-17)24-11-13-26-14-12-24)23-21(25)16(2)27-20-9-5-18(22)6-10-20/h3-10,15-16H,11-14H2,1-2H3,(H,23,25). The highest BCUT2D eigenvalue weighted by Crippen LogP contribution is 2.20. The van der Waals surface area contributed by atoms with Crippen LogP contribution in [0, 0.1) is 5.82 Å². The fourth-order valence-corrected chi connectivity index (χ4v) is 2.98. The molecule has 3 rings (SSSR count). The Balaban J connectivity index is 1.54. The quantitative estimate of drug-likeness (QED) is 0.845. The van der Waals surface area contributed by atoms with Crippen LogP contribution in [0.1, 0.15) is 25.5 Å². The van der Waals surface area contributed by atoms with Gasteiger partial charge in [0, 0.05) is 18.8 Å². The van der Waals surface area contributed by atoms with E-state index in [9.17, 15) is 9.18 Å². The largest absolute Gasteiger partial charge is 0.481 e. The number of ether oxygens (including phenoxy) is 2. The lowest BCUT2D eigenvalue weighted by Gasteiger charge is -2.29. The van der Waals surface area contributed by atoms with Gasteiger partial charge in [-0.15, -0.1) is 0 Å². The van der Waals surface area contributed by atoms with E-state index in [4.69, 9.17) is 9.47 Å². The third kappa shape index (κ3) is 5.20. The highest BCUT2D eigenvalue weighted by molar-refractivity contribution is 5.81. The lowest BCUT2D eigenvalue weighted by atomic mass is 10.1. The Morgan fingerprint density at radius 1 is 1.07 bits per heavy atom. The van der Waals surface area contributed by atoms with Gasteiger partial charge in [0.1, 0.15) is 11.6 Å². The van der Waals surface area contributed by atoms with Crippen molar-refractivity contribution in [2.24, 2.45) is 0 Å². The van der Waals surface area contributed by atoms with Gasteiger partial charge >= 0.3 is 0 Å². The van der Waals surface area contributed by atoms with Crippen molar-refractivity contribution >= 4 is 11.6 Å². The van der Waals surface area contributed by atoms with Crippen LogP contribution in [0.2, 0.25) is 0 Å². The summed E-state index contributed by atoms with van der Waals surface area (Å²) in [6, 6.07) is 13.7. The number of morpholine rings is 1. The maximum absolute atomic E-state index is 12.9. The van der Waals surface area contributed by atoms with E-state index in [-0.39, 0.29) is 17.8 Å². The van der Waals surface area contributed by atoms with Gasteiger partial charge in [-0.2, -0.15) is 0 Å². The molecule has 2 atom stereocenters. The zero-order chi connectivity index (χ0) is 19.2. The van der Waals surface area contributed by atoms with E-state index in [1.807, 2.05) is 19.1 Å². The van der Waals surface area contributed by atoms with Gasteiger partial charge in [0.25, 0.3) is 5.91 Å². The van der Waals surface area contributed by atoms with E-state index < -0.39 is 6.10 Å². The Labute approximate surface area is 159 Å². The molecule has 2 aromatic carbocycles. The second-order valence-corrected chi connectivity index (χ2v) is 6.64. The normalized spacial score (nSPS) is 16.5. The third-order valence-electron chi connectivity index (χ3n) is 4.62. The lowest BCUT2D eigenvalue weighted by molar-refractivity contribution is -0.127. The van der Waals surface area contributed by atoms with Crippen LogP contribution in [0.3, 0.4) is 0 Å². The van der Waals surface area contributed by atoms with Gasteiger partial charge in [0.05, 0.1) is 19.3 Å². The summed E-state index contributed by atoms with van der Waals surface area (Å²) >= 11 is 0. The van der Waals surface area contributed by atoms with Crippen LogP contribution >= 0.6 is 0 Å². The molecule has 6 heteroatoms. The van der Waals surface area contributed by atoms with Crippen LogP contribution in [0.25, 0.3) is 0 Å². The van der Waals surface area contributed by atoms with Crippen molar-refractivity contribution in [3.8, 4) is 5.75 Å². The predicted molar refractivity (Wildman–Crippen MR) is 103 cm³/mol. The van der Waals surface area contributed by atoms with E-state index in [1.165, 1.54) is 24.3 Å². The van der Waals surface area contributed by atoms with E-state index in [1.54, 1.807) is 6.92 Å². The van der Waals surface area contributed by atoms with Crippen LogP contribution in [0.5, 0.6) is 5.75 Å². The maximum Gasteiger partial charge on any atom is 0.261 e. The lowest BCUT2D eigenvalue weighted by Crippen LogP contribution is -2.38. The molecule has 1 aliphatic rings. The predicted octanol–water partition coefficient (Wildman–Crippen LogP) is 3.31. The molecule has 0 saturated carbocycles. The molecule has 0 bridgehead atoms. The number of hydrogen-bond donors (Lipinski definition) is 1. The Bertz CT molecular complexity index is 743. The topological polar surface area (TPSA) is 50.8 Å². The summed E-state index contributed by atoms with van der Waals surface area (Å²) in [5.74, 6) is -0.0979. The van der Waals surface area contributed by atoms with Crippen molar-refractivity contribution in [1.82, 2.24) is 5.32 Å². The van der Waals surface area contributed by atoms with Gasteiger partial charge in [-0.1, -0.05) is 12.1 Å². The van der Waals surface area contributed by atoms with Gasteiger partial charge < -0.3 is 19.7 Å². The van der Waals surface area contributed by atoms with Crippen molar-refractivity contribution in [3.05, 3.63) is 59.9 Å². The fourth-order valence-electron chi connectivity index (χ4n) is 2.98. The first-order valence-corrected chi connectivity index (χ1v) is 9.18. The van der Waals surface area contributed by atoms with Gasteiger partial charge in [-0.25, -0.2) is 4.39 Å². The number of anilines is 1. The minimum Gasteiger partial charge on any atom is -0.481 e. The number of halogens is 1. The van der Waals surface area contributed by atoms with Crippen molar-refractivity contribution in [2.75, 3.05) is 31.2 Å². The first kappa shape index (κ1) is 19.2. The number of amides is 1. The second kappa shape index (κ2) is 8.86. The summed E-state index contributed by atoms with van der Waals surface area (Å²) in [5, 5.41) is 2.95. The first-order chi connectivity index (χ1) is 13.0. The minimum atomic E-state index is -0.675. The third-order valence-corrected chi connectivity index (χ3v) is 4.62. The summed E-state index contributed by atoms with van der Waals surface area (Å²) in [6.45, 7) is 6.90. The Hall–Kier alpha value is -2.60. The zero-order valence-corrected chi connectivity index (χ0v) is 15.7. The molecule has 0 spiro atoms. The Kier molecular flexibility index (Phi) is 6.29. The molecule has 0 radical (unpaired) electrons. The molecular weight excluding hydrogens is 347 g/mol. The molecule has 2 aromatic rings. The minimum absolute atomic E-state index is 0.143. The van der Waals surface area contributed by atoms with Crippen molar-refractivity contribution in [3.63, 3.8) is 0 Å². The molecule has 144 valence electrons. The van der Waals surface area contributed by atoms with Gasteiger partial charge in [-0.3, -0.25) is 4.79 Å². The molecule has 0 aromatic heterocycles. The summed E-state index contributed by atoms with van der Waals surface area (Å²) in [4.78, 5) is 14.7. The molecule has 1 heterocycles. The van der Waals surface area contributed by atoms with Crippen LogP contribution in [-0.2, 0) is 9.53 Å². The van der Waals surface area contributed by atoms with Crippen LogP contribution in [0.15, 0.2) is 48.5 Å². The molecule has 1 amide bonds. The summed E-state index contributed by atoms with van der Waals surface area (Å²) in [6.07, 6.45) is -0.675. The van der Waals surface area contributed by atoms with E-state index >= 15 is 0 Å². The number of hydrogen-bond acceptors (Lipinski definition) is 4. The molecule has 27 heavy (non-hydrogen) atoms. The highest BCUT2D eigenvalue weighted by atomic mass is 19.1. The van der Waals surface area contributed by atoms with Gasteiger partial charge in [0.15, 0.2) is 6.10 Å². The number of carbonyl (C=O) groups is 1. The Morgan fingerprint density at radius 2 is 1.70 bits per heavy atom. The van der Waals surface area contributed by atoms with Crippen LogP contribution in [0.4, 0.5) is 10.1 Å². The molecule has 1 saturated heterocycles. The van der Waals surface area contributed by atoms with Crippen molar-refractivity contribution < 1.29 is 18.7 Å². The smallest absolute Gasteiger partial charge is 0.261 e. The van der Waals surface area contributed by atoms with E-state index in [2.05, 4.69) is 22.3 Å². The molecule has 2 unspecified atom stereocenters. The zero-order valence-electron chi connectivity index (χ0n) is 15.7. The van der Waals surface area contributed by atoms with E-state index in [0.29, 0.717) is 5.75 Å². The van der Waals surface area contributed by atoms with Crippen molar-refractivity contribution in [1.29, 1.82) is 0 Å².